The number of halogens is 1. The summed E-state index contributed by atoms with van der Waals surface area (Å²) in [5.74, 6) is -0.917. The van der Waals surface area contributed by atoms with Crippen LogP contribution in [0, 0.1) is 0 Å². The first-order valence-corrected chi connectivity index (χ1v) is 11.7. The maximum absolute atomic E-state index is 12.1. The van der Waals surface area contributed by atoms with Crippen molar-refractivity contribution in [1.29, 1.82) is 0 Å². The van der Waals surface area contributed by atoms with Crippen LogP contribution in [-0.4, -0.2) is 37.1 Å². The fraction of sp³-hybridized carbons (Fsp3) is 0.148. The summed E-state index contributed by atoms with van der Waals surface area (Å²) < 4.78 is 0. The highest BCUT2D eigenvalue weighted by molar-refractivity contribution is 6.31. The molecule has 0 fully saturated rings. The minimum Gasteiger partial charge on any atom is -0.480 e. The van der Waals surface area contributed by atoms with Crippen molar-refractivity contribution < 1.29 is 9.90 Å². The first-order chi connectivity index (χ1) is 17.1. The molecule has 8 heteroatoms. The Hall–Kier alpha value is -3.94. The van der Waals surface area contributed by atoms with Crippen molar-refractivity contribution in [3.05, 3.63) is 107 Å². The van der Waals surface area contributed by atoms with Crippen LogP contribution >= 0.6 is 11.6 Å². The van der Waals surface area contributed by atoms with Crippen molar-refractivity contribution in [2.24, 2.45) is 0 Å². The van der Waals surface area contributed by atoms with Crippen LogP contribution in [0.2, 0.25) is 5.02 Å². The molecule has 0 spiro atoms. The molecule has 5 aromatic rings. The Morgan fingerprint density at radius 2 is 1.71 bits per heavy atom. The lowest BCUT2D eigenvalue weighted by Gasteiger charge is -2.13. The summed E-state index contributed by atoms with van der Waals surface area (Å²) in [6, 6.07) is 24.4. The van der Waals surface area contributed by atoms with Gasteiger partial charge in [0.15, 0.2) is 0 Å². The van der Waals surface area contributed by atoms with Crippen LogP contribution in [0.3, 0.4) is 0 Å². The van der Waals surface area contributed by atoms with Crippen LogP contribution in [0.15, 0.2) is 85.1 Å². The van der Waals surface area contributed by atoms with Gasteiger partial charge in [0, 0.05) is 40.7 Å². The lowest BCUT2D eigenvalue weighted by molar-refractivity contribution is -0.139. The predicted molar refractivity (Wildman–Crippen MR) is 136 cm³/mol. The van der Waals surface area contributed by atoms with Crippen molar-refractivity contribution in [3.63, 3.8) is 0 Å². The number of para-hydroxylation sites is 1. The van der Waals surface area contributed by atoms with E-state index in [9.17, 15) is 9.90 Å². The van der Waals surface area contributed by atoms with Crippen molar-refractivity contribution in [3.8, 4) is 11.3 Å². The number of benzene rings is 3. The molecule has 0 aliphatic heterocycles. The summed E-state index contributed by atoms with van der Waals surface area (Å²) in [6.45, 7) is 0.670. The van der Waals surface area contributed by atoms with Gasteiger partial charge < -0.3 is 10.1 Å². The van der Waals surface area contributed by atoms with Gasteiger partial charge in [-0.2, -0.15) is 15.0 Å². The number of carbonyl (C=O) groups is 1. The van der Waals surface area contributed by atoms with Crippen molar-refractivity contribution in [1.82, 2.24) is 25.3 Å². The summed E-state index contributed by atoms with van der Waals surface area (Å²) in [4.78, 5) is 16.9. The van der Waals surface area contributed by atoms with Gasteiger partial charge in [0.1, 0.15) is 17.4 Å². The van der Waals surface area contributed by atoms with Gasteiger partial charge in [-0.05, 0) is 23.3 Å². The third kappa shape index (κ3) is 5.11. The topological polar surface area (TPSA) is 95.8 Å². The molecular weight excluding hydrogens is 462 g/mol. The molecule has 5 rings (SSSR count). The van der Waals surface area contributed by atoms with E-state index < -0.39 is 12.0 Å². The SMILES string of the molecule is O=C(O)[C@@H](Cc1c[nH]c2ccccc12)NCc1nn(Cc2ccccc2Cl)nc1-c1ccccc1. The smallest absolute Gasteiger partial charge is 0.321 e. The quantitative estimate of drug-likeness (QED) is 0.275. The van der Waals surface area contributed by atoms with E-state index >= 15 is 0 Å². The van der Waals surface area contributed by atoms with E-state index in [0.717, 1.165) is 27.6 Å². The molecule has 0 bridgehead atoms. The molecular formula is C27H24ClN5O2. The zero-order valence-corrected chi connectivity index (χ0v) is 19.6. The number of carboxylic acids is 1. The van der Waals surface area contributed by atoms with Crippen LogP contribution in [0.4, 0.5) is 0 Å². The Labute approximate surface area is 207 Å². The molecule has 0 saturated heterocycles. The summed E-state index contributed by atoms with van der Waals surface area (Å²) in [7, 11) is 0. The largest absolute Gasteiger partial charge is 0.480 e. The van der Waals surface area contributed by atoms with Gasteiger partial charge in [0.2, 0.25) is 0 Å². The van der Waals surface area contributed by atoms with Crippen molar-refractivity contribution >= 4 is 28.5 Å². The third-order valence-electron chi connectivity index (χ3n) is 5.95. The Morgan fingerprint density at radius 1 is 0.971 bits per heavy atom. The highest BCUT2D eigenvalue weighted by Gasteiger charge is 2.22. The number of H-pyrrole nitrogens is 1. The Kier molecular flexibility index (Phi) is 6.61. The minimum atomic E-state index is -0.917. The molecule has 7 nitrogen and oxygen atoms in total. The zero-order chi connectivity index (χ0) is 24.2. The van der Waals surface area contributed by atoms with Crippen LogP contribution in [0.25, 0.3) is 22.2 Å². The van der Waals surface area contributed by atoms with Crippen LogP contribution < -0.4 is 5.32 Å². The standard InChI is InChI=1S/C27H24ClN5O2/c28-22-12-6-4-10-19(22)17-33-31-25(26(32-33)18-8-2-1-3-9-18)16-30-24(27(34)35)14-20-15-29-23-13-7-5-11-21(20)23/h1-13,15,24,29-30H,14,16-17H2,(H,34,35)/t24-/m1/s1. The predicted octanol–water partition coefficient (Wildman–Crippen LogP) is 4.91. The molecule has 3 N–H and O–H groups in total. The van der Waals surface area contributed by atoms with E-state index in [2.05, 4.69) is 15.4 Å². The molecule has 1 atom stereocenters. The number of carboxylic acid groups (broad SMARTS) is 1. The molecule has 0 unspecified atom stereocenters. The monoisotopic (exact) mass is 485 g/mol. The Morgan fingerprint density at radius 3 is 2.51 bits per heavy atom. The van der Waals surface area contributed by atoms with Crippen LogP contribution in [0.1, 0.15) is 16.8 Å². The lowest BCUT2D eigenvalue weighted by Crippen LogP contribution is -2.38. The average Bonchev–Trinajstić information content (AvgIpc) is 3.47. The van der Waals surface area contributed by atoms with Gasteiger partial charge in [0.25, 0.3) is 0 Å². The fourth-order valence-electron chi connectivity index (χ4n) is 4.16. The number of fused-ring (bicyclic) bond motifs is 1. The second-order valence-electron chi connectivity index (χ2n) is 8.32. The van der Waals surface area contributed by atoms with E-state index in [1.165, 1.54) is 0 Å². The van der Waals surface area contributed by atoms with E-state index in [0.29, 0.717) is 29.4 Å². The molecule has 0 aliphatic rings. The molecule has 0 radical (unpaired) electrons. The molecule has 35 heavy (non-hydrogen) atoms. The summed E-state index contributed by atoms with van der Waals surface area (Å²) in [5.41, 5.74) is 5.14. The number of nitrogens with one attached hydrogen (secondary N) is 2. The summed E-state index contributed by atoms with van der Waals surface area (Å²) in [5, 5.41) is 24.2. The minimum absolute atomic E-state index is 0.256. The number of nitrogens with zero attached hydrogens (tertiary/aromatic N) is 3. The highest BCUT2D eigenvalue weighted by atomic mass is 35.5. The zero-order valence-electron chi connectivity index (χ0n) is 18.9. The molecule has 0 saturated carbocycles. The van der Waals surface area contributed by atoms with Gasteiger partial charge in [-0.15, -0.1) is 0 Å². The Balaban J connectivity index is 1.40. The summed E-state index contributed by atoms with van der Waals surface area (Å²) in [6.07, 6.45) is 2.21. The van der Waals surface area contributed by atoms with E-state index in [-0.39, 0.29) is 6.54 Å². The van der Waals surface area contributed by atoms with E-state index in [1.54, 1.807) is 4.80 Å². The molecule has 2 heterocycles. The number of aromatic amines is 1. The number of hydrogen-bond donors (Lipinski definition) is 3. The van der Waals surface area contributed by atoms with Gasteiger partial charge in [-0.3, -0.25) is 10.1 Å². The second-order valence-corrected chi connectivity index (χ2v) is 8.73. The van der Waals surface area contributed by atoms with Gasteiger partial charge >= 0.3 is 5.97 Å². The first kappa shape index (κ1) is 22.8. The lowest BCUT2D eigenvalue weighted by atomic mass is 10.0. The van der Waals surface area contributed by atoms with Gasteiger partial charge in [-0.1, -0.05) is 78.3 Å². The Bertz CT molecular complexity index is 1460. The molecule has 2 aromatic heterocycles. The highest BCUT2D eigenvalue weighted by Crippen LogP contribution is 2.23. The van der Waals surface area contributed by atoms with Crippen molar-refractivity contribution in [2.75, 3.05) is 0 Å². The molecule has 0 amide bonds. The van der Waals surface area contributed by atoms with Gasteiger partial charge in [0.05, 0.1) is 6.54 Å². The summed E-state index contributed by atoms with van der Waals surface area (Å²) >= 11 is 6.34. The fourth-order valence-corrected chi connectivity index (χ4v) is 4.35. The molecule has 3 aromatic carbocycles. The number of aromatic nitrogens is 4. The second kappa shape index (κ2) is 10.1. The van der Waals surface area contributed by atoms with Crippen molar-refractivity contribution in [2.45, 2.75) is 25.6 Å². The maximum atomic E-state index is 12.1. The van der Waals surface area contributed by atoms with Crippen LogP contribution in [0.5, 0.6) is 0 Å². The van der Waals surface area contributed by atoms with E-state index in [4.69, 9.17) is 16.7 Å². The normalized spacial score (nSPS) is 12.1. The van der Waals surface area contributed by atoms with E-state index in [1.807, 2.05) is 85.1 Å². The average molecular weight is 486 g/mol. The first-order valence-electron chi connectivity index (χ1n) is 11.3. The van der Waals surface area contributed by atoms with Gasteiger partial charge in [-0.25, -0.2) is 0 Å². The molecule has 0 aliphatic carbocycles. The van der Waals surface area contributed by atoms with Crippen LogP contribution in [-0.2, 0) is 24.3 Å². The number of hydrogen-bond acceptors (Lipinski definition) is 4. The number of aliphatic carboxylic acids is 1. The number of rotatable bonds is 9. The third-order valence-corrected chi connectivity index (χ3v) is 6.32. The molecule has 176 valence electrons. The maximum Gasteiger partial charge on any atom is 0.321 e.